The molecule has 0 atom stereocenters. The number of phenols is 1. The lowest BCUT2D eigenvalue weighted by molar-refractivity contribution is 0.371. The Kier molecular flexibility index (Phi) is 9.20. The quantitative estimate of drug-likeness (QED) is 0.455. The zero-order chi connectivity index (χ0) is 19.0. The number of rotatable bonds is 11. The van der Waals surface area contributed by atoms with E-state index in [2.05, 4.69) is 20.8 Å². The number of phenolic OH excluding ortho intramolecular Hbond substituents is 1. The summed E-state index contributed by atoms with van der Waals surface area (Å²) in [6, 6.07) is 0. The first kappa shape index (κ1) is 22.2. The smallest absolute Gasteiger partial charge is 0.329 e. The van der Waals surface area contributed by atoms with Crippen LogP contribution >= 0.6 is 7.60 Å². The van der Waals surface area contributed by atoms with Gasteiger partial charge in [0.05, 0.1) is 6.16 Å². The average Bonchev–Trinajstić information content (AvgIpc) is 2.54. The Morgan fingerprint density at radius 3 is 1.64 bits per heavy atom. The van der Waals surface area contributed by atoms with E-state index < -0.39 is 7.60 Å². The van der Waals surface area contributed by atoms with Crippen LogP contribution in [0, 0.1) is 6.92 Å². The highest BCUT2D eigenvalue weighted by atomic mass is 31.2. The fourth-order valence-corrected chi connectivity index (χ4v) is 4.26. The van der Waals surface area contributed by atoms with E-state index in [9.17, 15) is 19.5 Å². The molecule has 1 aromatic rings. The third-order valence-electron chi connectivity index (χ3n) is 4.89. The van der Waals surface area contributed by atoms with Crippen LogP contribution in [-0.2, 0) is 30.0 Å². The summed E-state index contributed by atoms with van der Waals surface area (Å²) in [5.41, 5.74) is 4.47. The molecule has 0 radical (unpaired) electrons. The minimum absolute atomic E-state index is 0.217. The van der Waals surface area contributed by atoms with Crippen molar-refractivity contribution in [3.63, 3.8) is 0 Å². The molecule has 1 aromatic carbocycles. The SMILES string of the molecule is CCCCc1c(C)c(O)c(CCCC)c(CCCC)c1CP(=O)(O)O. The number of hydrogen-bond acceptors (Lipinski definition) is 2. The number of aromatic hydroxyl groups is 1. The summed E-state index contributed by atoms with van der Waals surface area (Å²) in [6.07, 6.45) is 8.02. The second-order valence-electron chi connectivity index (χ2n) is 7.02. The van der Waals surface area contributed by atoms with Crippen LogP contribution in [-0.4, -0.2) is 14.9 Å². The summed E-state index contributed by atoms with van der Waals surface area (Å²) in [5.74, 6) is 0.347. The van der Waals surface area contributed by atoms with E-state index in [0.717, 1.165) is 85.6 Å². The zero-order valence-electron chi connectivity index (χ0n) is 16.3. The maximum absolute atomic E-state index is 11.8. The van der Waals surface area contributed by atoms with E-state index in [1.807, 2.05) is 6.92 Å². The highest BCUT2D eigenvalue weighted by molar-refractivity contribution is 7.50. The van der Waals surface area contributed by atoms with Crippen LogP contribution < -0.4 is 0 Å². The first-order valence-electron chi connectivity index (χ1n) is 9.66. The summed E-state index contributed by atoms with van der Waals surface area (Å²) >= 11 is 0. The summed E-state index contributed by atoms with van der Waals surface area (Å²) in [6.45, 7) is 8.22. The van der Waals surface area contributed by atoms with Crippen molar-refractivity contribution in [2.45, 2.75) is 91.6 Å². The largest absolute Gasteiger partial charge is 0.507 e. The molecule has 0 spiro atoms. The van der Waals surface area contributed by atoms with Crippen LogP contribution in [0.5, 0.6) is 5.75 Å². The van der Waals surface area contributed by atoms with Gasteiger partial charge in [0.1, 0.15) is 5.75 Å². The molecule has 3 N–H and O–H groups in total. The lowest BCUT2D eigenvalue weighted by Crippen LogP contribution is -2.09. The van der Waals surface area contributed by atoms with E-state index in [0.29, 0.717) is 5.75 Å². The predicted octanol–water partition coefficient (Wildman–Crippen LogP) is 5.41. The van der Waals surface area contributed by atoms with Gasteiger partial charge in [-0.05, 0) is 73.3 Å². The maximum Gasteiger partial charge on any atom is 0.329 e. The van der Waals surface area contributed by atoms with E-state index in [4.69, 9.17) is 0 Å². The van der Waals surface area contributed by atoms with E-state index >= 15 is 0 Å². The van der Waals surface area contributed by atoms with Crippen molar-refractivity contribution in [3.8, 4) is 5.75 Å². The summed E-state index contributed by atoms with van der Waals surface area (Å²) < 4.78 is 11.8. The molecule has 25 heavy (non-hydrogen) atoms. The van der Waals surface area contributed by atoms with Crippen molar-refractivity contribution >= 4 is 7.60 Å². The summed E-state index contributed by atoms with van der Waals surface area (Å²) in [7, 11) is -4.17. The summed E-state index contributed by atoms with van der Waals surface area (Å²) in [5, 5.41) is 10.8. The molecule has 0 heterocycles. The predicted molar refractivity (Wildman–Crippen MR) is 104 cm³/mol. The van der Waals surface area contributed by atoms with Crippen molar-refractivity contribution in [3.05, 3.63) is 27.8 Å². The number of hydrogen-bond donors (Lipinski definition) is 3. The van der Waals surface area contributed by atoms with Crippen molar-refractivity contribution in [1.29, 1.82) is 0 Å². The first-order valence-corrected chi connectivity index (χ1v) is 11.5. The van der Waals surface area contributed by atoms with E-state index in [1.165, 1.54) is 0 Å². The molecular formula is C20H35O4P. The summed E-state index contributed by atoms with van der Waals surface area (Å²) in [4.78, 5) is 19.3. The zero-order valence-corrected chi connectivity index (χ0v) is 17.2. The van der Waals surface area contributed by atoms with Gasteiger partial charge in [0.25, 0.3) is 0 Å². The average molecular weight is 370 g/mol. The molecule has 5 heteroatoms. The molecule has 0 aliphatic rings. The molecule has 0 unspecified atom stereocenters. The molecule has 0 aromatic heterocycles. The highest BCUT2D eigenvalue weighted by Crippen LogP contribution is 2.45. The minimum Gasteiger partial charge on any atom is -0.507 e. The first-order chi connectivity index (χ1) is 11.8. The molecular weight excluding hydrogens is 335 g/mol. The second-order valence-corrected chi connectivity index (χ2v) is 8.67. The van der Waals surface area contributed by atoms with Crippen LogP contribution in [0.15, 0.2) is 0 Å². The molecule has 0 fully saturated rings. The Bertz CT molecular complexity index is 604. The van der Waals surface area contributed by atoms with Crippen LogP contribution in [0.4, 0.5) is 0 Å². The third-order valence-corrected chi connectivity index (χ3v) is 5.62. The van der Waals surface area contributed by atoms with E-state index in [-0.39, 0.29) is 6.16 Å². The van der Waals surface area contributed by atoms with Gasteiger partial charge in [-0.3, -0.25) is 4.57 Å². The highest BCUT2D eigenvalue weighted by Gasteiger charge is 2.25. The van der Waals surface area contributed by atoms with Gasteiger partial charge in [-0.2, -0.15) is 0 Å². The standard InChI is InChI=1S/C20H35O4P/c1-5-8-11-16-15(4)20(21)18(13-10-7-3)17(12-9-6-2)19(16)14-25(22,23)24/h21H,5-14H2,1-4H3,(H2,22,23,24). The van der Waals surface area contributed by atoms with Gasteiger partial charge >= 0.3 is 7.60 Å². The lowest BCUT2D eigenvalue weighted by atomic mass is 9.85. The Balaban J connectivity index is 3.59. The maximum atomic E-state index is 11.8. The van der Waals surface area contributed by atoms with Gasteiger partial charge in [-0.15, -0.1) is 0 Å². The van der Waals surface area contributed by atoms with Gasteiger partial charge in [0.2, 0.25) is 0 Å². The van der Waals surface area contributed by atoms with Crippen molar-refractivity contribution in [2.75, 3.05) is 0 Å². The van der Waals surface area contributed by atoms with E-state index in [1.54, 1.807) is 0 Å². The molecule has 0 amide bonds. The van der Waals surface area contributed by atoms with Gasteiger partial charge < -0.3 is 14.9 Å². The molecule has 0 saturated heterocycles. The molecule has 0 saturated carbocycles. The fraction of sp³-hybridized carbons (Fsp3) is 0.700. The van der Waals surface area contributed by atoms with Crippen molar-refractivity contribution in [1.82, 2.24) is 0 Å². The molecule has 0 bridgehead atoms. The van der Waals surface area contributed by atoms with Crippen molar-refractivity contribution in [2.24, 2.45) is 0 Å². The second kappa shape index (κ2) is 10.4. The minimum atomic E-state index is -4.17. The normalized spacial score (nSPS) is 11.9. The fourth-order valence-electron chi connectivity index (χ4n) is 3.47. The third kappa shape index (κ3) is 6.44. The van der Waals surface area contributed by atoms with Crippen LogP contribution in [0.1, 0.15) is 87.1 Å². The number of benzene rings is 1. The van der Waals surface area contributed by atoms with Gasteiger partial charge in [-0.25, -0.2) is 0 Å². The van der Waals surface area contributed by atoms with Gasteiger partial charge in [0.15, 0.2) is 0 Å². The van der Waals surface area contributed by atoms with Crippen LogP contribution in [0.3, 0.4) is 0 Å². The van der Waals surface area contributed by atoms with Crippen LogP contribution in [0.2, 0.25) is 0 Å². The van der Waals surface area contributed by atoms with Gasteiger partial charge in [0, 0.05) is 0 Å². The molecule has 4 nitrogen and oxygen atoms in total. The Morgan fingerprint density at radius 1 is 0.760 bits per heavy atom. The number of unbranched alkanes of at least 4 members (excludes halogenated alkanes) is 3. The molecule has 1 rings (SSSR count). The topological polar surface area (TPSA) is 77.8 Å². The van der Waals surface area contributed by atoms with Crippen LogP contribution in [0.25, 0.3) is 0 Å². The monoisotopic (exact) mass is 370 g/mol. The Hall–Kier alpha value is -0.830. The molecule has 144 valence electrons. The Labute approximate surface area is 152 Å². The van der Waals surface area contributed by atoms with Crippen molar-refractivity contribution < 1.29 is 19.5 Å². The molecule has 0 aliphatic heterocycles. The Morgan fingerprint density at radius 2 is 1.20 bits per heavy atom. The lowest BCUT2D eigenvalue weighted by Gasteiger charge is -2.24. The molecule has 0 aliphatic carbocycles. The van der Waals surface area contributed by atoms with Gasteiger partial charge in [-0.1, -0.05) is 40.0 Å².